The van der Waals surface area contributed by atoms with Gasteiger partial charge in [0.1, 0.15) is 0 Å². The first kappa shape index (κ1) is 13.8. The van der Waals surface area contributed by atoms with Crippen molar-refractivity contribution in [2.24, 2.45) is 0 Å². The Morgan fingerprint density at radius 1 is 1.50 bits per heavy atom. The topological polar surface area (TPSA) is 26.3 Å². The minimum absolute atomic E-state index is 0.168. The van der Waals surface area contributed by atoms with Crippen LogP contribution in [-0.4, -0.2) is 30.3 Å². The highest BCUT2D eigenvalue weighted by Gasteiger charge is 2.13. The normalized spacial score (nSPS) is 12.5. The molecule has 0 saturated carbocycles. The molecule has 0 amide bonds. The second-order valence-electron chi connectivity index (χ2n) is 3.08. The maximum atomic E-state index is 11.8. The monoisotopic (exact) mass is 222 g/mol. The summed E-state index contributed by atoms with van der Waals surface area (Å²) in [6, 6.07) is 0. The van der Waals surface area contributed by atoms with Gasteiger partial charge in [0.05, 0.1) is 18.5 Å². The van der Waals surface area contributed by atoms with Crippen LogP contribution in [0.4, 0.5) is 4.39 Å². The third-order valence-corrected chi connectivity index (χ3v) is 2.94. The molecule has 0 N–H and O–H groups in total. The van der Waals surface area contributed by atoms with Crippen LogP contribution in [0.25, 0.3) is 0 Å². The number of ether oxygens (including phenoxy) is 1. The highest BCUT2D eigenvalue weighted by molar-refractivity contribution is 8.00. The number of halogens is 1. The van der Waals surface area contributed by atoms with Gasteiger partial charge in [0.25, 0.3) is 0 Å². The predicted molar refractivity (Wildman–Crippen MR) is 58.4 cm³/mol. The summed E-state index contributed by atoms with van der Waals surface area (Å²) >= 11 is 1.45. The zero-order valence-corrected chi connectivity index (χ0v) is 9.74. The molecule has 0 fully saturated rings. The predicted octanol–water partition coefficient (Wildman–Crippen LogP) is 2.81. The molecule has 0 aromatic rings. The summed E-state index contributed by atoms with van der Waals surface area (Å²) in [5.41, 5.74) is 0. The lowest BCUT2D eigenvalue weighted by molar-refractivity contribution is -0.142. The molecule has 2 nitrogen and oxygen atoms in total. The van der Waals surface area contributed by atoms with Crippen LogP contribution in [0.15, 0.2) is 0 Å². The van der Waals surface area contributed by atoms with E-state index in [0.717, 1.165) is 12.8 Å². The van der Waals surface area contributed by atoms with Gasteiger partial charge in [-0.2, -0.15) is 0 Å². The molecule has 0 aliphatic heterocycles. The Kier molecular flexibility index (Phi) is 9.14. The van der Waals surface area contributed by atoms with Crippen LogP contribution in [0, 0.1) is 0 Å². The largest absolute Gasteiger partial charge is 0.465 e. The Labute approximate surface area is 89.6 Å². The number of alkyl halides is 1. The van der Waals surface area contributed by atoms with Crippen LogP contribution in [0.2, 0.25) is 0 Å². The van der Waals surface area contributed by atoms with Gasteiger partial charge in [-0.05, 0) is 25.5 Å². The molecule has 4 heteroatoms. The molecule has 0 aliphatic carbocycles. The van der Waals surface area contributed by atoms with Gasteiger partial charge in [-0.3, -0.25) is 9.18 Å². The lowest BCUT2D eigenvalue weighted by Gasteiger charge is -2.10. The van der Waals surface area contributed by atoms with E-state index in [4.69, 9.17) is 4.74 Å². The van der Waals surface area contributed by atoms with Gasteiger partial charge in [-0.25, -0.2) is 0 Å². The summed E-state index contributed by atoms with van der Waals surface area (Å²) in [5.74, 6) is 0.503. The quantitative estimate of drug-likeness (QED) is 0.466. The maximum absolute atomic E-state index is 11.8. The lowest BCUT2D eigenvalue weighted by Crippen LogP contribution is -2.18. The van der Waals surface area contributed by atoms with Crippen molar-refractivity contribution in [3.8, 4) is 0 Å². The van der Waals surface area contributed by atoms with Crippen molar-refractivity contribution in [2.75, 3.05) is 19.0 Å². The van der Waals surface area contributed by atoms with E-state index in [9.17, 15) is 9.18 Å². The molecule has 1 atom stereocenters. The smallest absolute Gasteiger partial charge is 0.318 e. The van der Waals surface area contributed by atoms with Gasteiger partial charge < -0.3 is 4.74 Å². The number of rotatable bonds is 8. The van der Waals surface area contributed by atoms with Gasteiger partial charge in [-0.1, -0.05) is 13.3 Å². The van der Waals surface area contributed by atoms with E-state index in [-0.39, 0.29) is 17.9 Å². The Hall–Kier alpha value is -0.250. The van der Waals surface area contributed by atoms with Crippen molar-refractivity contribution in [3.63, 3.8) is 0 Å². The average Bonchev–Trinajstić information content (AvgIpc) is 2.18. The van der Waals surface area contributed by atoms with Gasteiger partial charge in [0, 0.05) is 0 Å². The minimum Gasteiger partial charge on any atom is -0.465 e. The summed E-state index contributed by atoms with van der Waals surface area (Å²) in [7, 11) is 0. The zero-order chi connectivity index (χ0) is 10.8. The first-order valence-corrected chi connectivity index (χ1v) is 6.11. The number of hydrogen-bond acceptors (Lipinski definition) is 3. The summed E-state index contributed by atoms with van der Waals surface area (Å²) < 4.78 is 16.8. The Morgan fingerprint density at radius 2 is 2.21 bits per heavy atom. The van der Waals surface area contributed by atoms with Crippen LogP contribution >= 0.6 is 11.8 Å². The summed E-state index contributed by atoms with van der Waals surface area (Å²) in [6.07, 6.45) is 2.45. The number of unbranched alkanes of at least 4 members (excludes halogenated alkanes) is 1. The fraction of sp³-hybridized carbons (Fsp3) is 0.900. The first-order valence-electron chi connectivity index (χ1n) is 5.06. The van der Waals surface area contributed by atoms with Gasteiger partial charge in [0.2, 0.25) is 0 Å². The highest BCUT2D eigenvalue weighted by atomic mass is 32.2. The number of carbonyl (C=O) groups excluding carboxylic acids is 1. The molecule has 0 aromatic heterocycles. The van der Waals surface area contributed by atoms with E-state index in [1.807, 2.05) is 6.92 Å². The molecule has 84 valence electrons. The van der Waals surface area contributed by atoms with Crippen LogP contribution in [0.3, 0.4) is 0 Å². The molecule has 0 heterocycles. The lowest BCUT2D eigenvalue weighted by atomic mass is 10.4. The van der Waals surface area contributed by atoms with Crippen molar-refractivity contribution in [1.29, 1.82) is 0 Å². The average molecular weight is 222 g/mol. The molecule has 0 aliphatic rings. The van der Waals surface area contributed by atoms with E-state index in [1.54, 1.807) is 6.92 Å². The standard InChI is InChI=1S/C10H19FO2S/c1-3-4-7-13-10(12)9(2)14-8-5-6-11/h9H,3-8H2,1-2H3. The van der Waals surface area contributed by atoms with Crippen molar-refractivity contribution < 1.29 is 13.9 Å². The third kappa shape index (κ3) is 7.18. The van der Waals surface area contributed by atoms with Gasteiger partial charge >= 0.3 is 5.97 Å². The van der Waals surface area contributed by atoms with Crippen LogP contribution in [0.1, 0.15) is 33.1 Å². The van der Waals surface area contributed by atoms with Gasteiger partial charge in [0.15, 0.2) is 0 Å². The molecule has 0 aromatic carbocycles. The second-order valence-corrected chi connectivity index (χ2v) is 4.53. The van der Waals surface area contributed by atoms with Crippen LogP contribution in [-0.2, 0) is 9.53 Å². The molecule has 0 radical (unpaired) electrons. The SMILES string of the molecule is CCCCOC(=O)C(C)SCCCF. The third-order valence-electron chi connectivity index (χ3n) is 1.72. The van der Waals surface area contributed by atoms with Crippen molar-refractivity contribution in [2.45, 2.75) is 38.4 Å². The van der Waals surface area contributed by atoms with Gasteiger partial charge in [-0.15, -0.1) is 11.8 Å². The first-order chi connectivity index (χ1) is 6.72. The Morgan fingerprint density at radius 3 is 2.79 bits per heavy atom. The fourth-order valence-corrected chi connectivity index (χ4v) is 1.65. The number of esters is 1. The number of thioether (sulfide) groups is 1. The van der Waals surface area contributed by atoms with E-state index in [0.29, 0.717) is 18.8 Å². The van der Waals surface area contributed by atoms with E-state index >= 15 is 0 Å². The second kappa shape index (κ2) is 9.31. The number of carbonyl (C=O) groups is 1. The van der Waals surface area contributed by atoms with E-state index < -0.39 is 0 Å². The summed E-state index contributed by atoms with van der Waals surface area (Å²) in [4.78, 5) is 11.3. The molecule has 0 spiro atoms. The molecule has 0 rings (SSSR count). The molecule has 0 saturated heterocycles. The Bertz CT molecular complexity index is 153. The maximum Gasteiger partial charge on any atom is 0.318 e. The molecule has 0 bridgehead atoms. The van der Waals surface area contributed by atoms with Crippen LogP contribution < -0.4 is 0 Å². The molecule has 1 unspecified atom stereocenters. The van der Waals surface area contributed by atoms with E-state index in [2.05, 4.69) is 0 Å². The van der Waals surface area contributed by atoms with Crippen molar-refractivity contribution in [3.05, 3.63) is 0 Å². The summed E-state index contributed by atoms with van der Waals surface area (Å²) in [6.45, 7) is 4.04. The highest BCUT2D eigenvalue weighted by Crippen LogP contribution is 2.13. The number of hydrogen-bond donors (Lipinski definition) is 0. The minimum atomic E-state index is -0.315. The molecule has 14 heavy (non-hydrogen) atoms. The fourth-order valence-electron chi connectivity index (χ4n) is 0.817. The van der Waals surface area contributed by atoms with Crippen LogP contribution in [0.5, 0.6) is 0 Å². The Balaban J connectivity index is 3.44. The van der Waals surface area contributed by atoms with Crippen molar-refractivity contribution >= 4 is 17.7 Å². The summed E-state index contributed by atoms with van der Waals surface area (Å²) in [5, 5.41) is -0.168. The van der Waals surface area contributed by atoms with Crippen molar-refractivity contribution in [1.82, 2.24) is 0 Å². The zero-order valence-electron chi connectivity index (χ0n) is 8.92. The molecular formula is C10H19FO2S. The van der Waals surface area contributed by atoms with E-state index in [1.165, 1.54) is 11.8 Å². The molecular weight excluding hydrogens is 203 g/mol.